The highest BCUT2D eigenvalue weighted by Gasteiger charge is 2.29. The lowest BCUT2D eigenvalue weighted by Gasteiger charge is -2.13. The van der Waals surface area contributed by atoms with Gasteiger partial charge in [0.25, 0.3) is 5.91 Å². The minimum Gasteiger partial charge on any atom is -0.364 e. The normalized spacial score (nSPS) is 23.6. The lowest BCUT2D eigenvalue weighted by molar-refractivity contribution is -0.126. The van der Waals surface area contributed by atoms with Gasteiger partial charge in [-0.2, -0.15) is 0 Å². The van der Waals surface area contributed by atoms with Crippen LogP contribution >= 0.6 is 0 Å². The Bertz CT molecular complexity index is 408. The van der Waals surface area contributed by atoms with E-state index in [-0.39, 0.29) is 18.1 Å². The molecule has 1 aliphatic rings. The summed E-state index contributed by atoms with van der Waals surface area (Å²) in [7, 11) is 0. The van der Waals surface area contributed by atoms with Crippen LogP contribution in [0.25, 0.3) is 0 Å². The Hall–Kier alpha value is -1.46. The largest absolute Gasteiger partial charge is 0.364 e. The number of hydrogen-bond acceptors (Lipinski definition) is 4. The van der Waals surface area contributed by atoms with Crippen molar-refractivity contribution in [2.45, 2.75) is 32.0 Å². The summed E-state index contributed by atoms with van der Waals surface area (Å²) in [6.07, 6.45) is 4.59. The van der Waals surface area contributed by atoms with Crippen LogP contribution in [0.3, 0.4) is 0 Å². The average molecular weight is 235 g/mol. The molecule has 1 aromatic heterocycles. The molecule has 2 atom stereocenters. The standard InChI is InChI=1S/C12H17N3O2/c1-8-7-14-5-4-10(8)15-12(16)11-3-2-9(6-13)17-11/h4-5,7,9,11H,2-3,6,13H2,1H3,(H,14,15,16)/t9-,11+/m1/s1. The fraction of sp³-hybridized carbons (Fsp3) is 0.500. The number of nitrogens with one attached hydrogen (secondary N) is 1. The van der Waals surface area contributed by atoms with Crippen molar-refractivity contribution in [3.05, 3.63) is 24.0 Å². The molecule has 0 spiro atoms. The highest BCUT2D eigenvalue weighted by molar-refractivity contribution is 5.94. The molecular formula is C12H17N3O2. The first-order valence-corrected chi connectivity index (χ1v) is 5.77. The Morgan fingerprint density at radius 3 is 3.12 bits per heavy atom. The number of carbonyl (C=O) groups excluding carboxylic acids is 1. The third-order valence-corrected chi connectivity index (χ3v) is 2.94. The van der Waals surface area contributed by atoms with E-state index in [9.17, 15) is 4.79 Å². The van der Waals surface area contributed by atoms with Gasteiger partial charge in [-0.15, -0.1) is 0 Å². The fourth-order valence-corrected chi connectivity index (χ4v) is 1.90. The van der Waals surface area contributed by atoms with E-state index in [0.29, 0.717) is 6.54 Å². The number of anilines is 1. The maximum absolute atomic E-state index is 11.9. The Balaban J connectivity index is 1.96. The Labute approximate surface area is 100 Å². The number of nitrogens with two attached hydrogens (primary N) is 1. The van der Waals surface area contributed by atoms with Gasteiger partial charge in [0.05, 0.1) is 6.10 Å². The predicted molar refractivity (Wildman–Crippen MR) is 64.6 cm³/mol. The fourth-order valence-electron chi connectivity index (χ4n) is 1.90. The van der Waals surface area contributed by atoms with Crippen LogP contribution in [0.15, 0.2) is 18.5 Å². The van der Waals surface area contributed by atoms with Crippen molar-refractivity contribution in [3.8, 4) is 0 Å². The molecule has 2 rings (SSSR count). The van der Waals surface area contributed by atoms with Gasteiger partial charge in [0.2, 0.25) is 0 Å². The highest BCUT2D eigenvalue weighted by atomic mass is 16.5. The molecule has 5 nitrogen and oxygen atoms in total. The van der Waals surface area contributed by atoms with Gasteiger partial charge in [-0.05, 0) is 31.4 Å². The lowest BCUT2D eigenvalue weighted by atomic mass is 10.2. The van der Waals surface area contributed by atoms with Gasteiger partial charge in [0, 0.05) is 24.6 Å². The van der Waals surface area contributed by atoms with E-state index in [1.54, 1.807) is 18.5 Å². The Kier molecular flexibility index (Phi) is 3.71. The molecule has 0 unspecified atom stereocenters. The van der Waals surface area contributed by atoms with E-state index in [2.05, 4.69) is 10.3 Å². The molecule has 0 bridgehead atoms. The molecule has 1 aliphatic heterocycles. The van der Waals surface area contributed by atoms with E-state index in [4.69, 9.17) is 10.5 Å². The minimum atomic E-state index is -0.379. The Morgan fingerprint density at radius 2 is 2.47 bits per heavy atom. The zero-order chi connectivity index (χ0) is 12.3. The molecule has 1 aromatic rings. The van der Waals surface area contributed by atoms with Crippen LogP contribution in [-0.4, -0.2) is 29.6 Å². The average Bonchev–Trinajstić information content (AvgIpc) is 2.81. The first-order chi connectivity index (χ1) is 8.20. The van der Waals surface area contributed by atoms with Crippen molar-refractivity contribution in [1.82, 2.24) is 4.98 Å². The Morgan fingerprint density at radius 1 is 1.65 bits per heavy atom. The van der Waals surface area contributed by atoms with Gasteiger partial charge in [-0.25, -0.2) is 0 Å². The third-order valence-electron chi connectivity index (χ3n) is 2.94. The quantitative estimate of drug-likeness (QED) is 0.813. The summed E-state index contributed by atoms with van der Waals surface area (Å²) < 4.78 is 5.53. The van der Waals surface area contributed by atoms with E-state index >= 15 is 0 Å². The van der Waals surface area contributed by atoms with Crippen LogP contribution in [0.2, 0.25) is 0 Å². The second kappa shape index (κ2) is 5.25. The van der Waals surface area contributed by atoms with Crippen molar-refractivity contribution in [1.29, 1.82) is 0 Å². The summed E-state index contributed by atoms with van der Waals surface area (Å²) in [6.45, 7) is 2.37. The van der Waals surface area contributed by atoms with Crippen molar-refractivity contribution in [3.63, 3.8) is 0 Å². The van der Waals surface area contributed by atoms with Gasteiger partial charge in [0.1, 0.15) is 6.10 Å². The second-order valence-corrected chi connectivity index (χ2v) is 4.24. The van der Waals surface area contributed by atoms with Crippen LogP contribution in [0, 0.1) is 6.92 Å². The summed E-state index contributed by atoms with van der Waals surface area (Å²) in [6, 6.07) is 1.78. The molecule has 0 aliphatic carbocycles. The number of amides is 1. The number of hydrogen-bond donors (Lipinski definition) is 2. The number of pyridine rings is 1. The summed E-state index contributed by atoms with van der Waals surface area (Å²) in [5.74, 6) is -0.102. The molecule has 0 aromatic carbocycles. The van der Waals surface area contributed by atoms with Crippen LogP contribution in [0.5, 0.6) is 0 Å². The van der Waals surface area contributed by atoms with Crippen molar-refractivity contribution >= 4 is 11.6 Å². The highest BCUT2D eigenvalue weighted by Crippen LogP contribution is 2.21. The summed E-state index contributed by atoms with van der Waals surface area (Å²) >= 11 is 0. The molecular weight excluding hydrogens is 218 g/mol. The third kappa shape index (κ3) is 2.81. The second-order valence-electron chi connectivity index (χ2n) is 4.24. The van der Waals surface area contributed by atoms with E-state index in [0.717, 1.165) is 24.1 Å². The molecule has 17 heavy (non-hydrogen) atoms. The summed E-state index contributed by atoms with van der Waals surface area (Å²) in [5.41, 5.74) is 7.23. The molecule has 92 valence electrons. The molecule has 1 fully saturated rings. The van der Waals surface area contributed by atoms with E-state index in [1.807, 2.05) is 6.92 Å². The molecule has 3 N–H and O–H groups in total. The molecule has 1 amide bonds. The monoisotopic (exact) mass is 235 g/mol. The van der Waals surface area contributed by atoms with Gasteiger partial charge in [-0.1, -0.05) is 0 Å². The number of aryl methyl sites for hydroxylation is 1. The van der Waals surface area contributed by atoms with Crippen LogP contribution in [-0.2, 0) is 9.53 Å². The number of nitrogens with zero attached hydrogens (tertiary/aromatic N) is 1. The smallest absolute Gasteiger partial charge is 0.253 e. The zero-order valence-electron chi connectivity index (χ0n) is 9.85. The van der Waals surface area contributed by atoms with Crippen LogP contribution in [0.1, 0.15) is 18.4 Å². The molecule has 1 saturated heterocycles. The van der Waals surface area contributed by atoms with E-state index in [1.165, 1.54) is 0 Å². The zero-order valence-corrected chi connectivity index (χ0v) is 9.85. The van der Waals surface area contributed by atoms with Gasteiger partial charge in [0.15, 0.2) is 0 Å². The van der Waals surface area contributed by atoms with Crippen LogP contribution in [0.4, 0.5) is 5.69 Å². The lowest BCUT2D eigenvalue weighted by Crippen LogP contribution is -2.30. The van der Waals surface area contributed by atoms with Gasteiger partial charge < -0.3 is 15.8 Å². The van der Waals surface area contributed by atoms with Crippen molar-refractivity contribution in [2.75, 3.05) is 11.9 Å². The maximum Gasteiger partial charge on any atom is 0.253 e. The maximum atomic E-state index is 11.9. The van der Waals surface area contributed by atoms with Crippen molar-refractivity contribution in [2.24, 2.45) is 5.73 Å². The van der Waals surface area contributed by atoms with Crippen molar-refractivity contribution < 1.29 is 9.53 Å². The SMILES string of the molecule is Cc1cnccc1NC(=O)[C@@H]1CC[C@H](CN)O1. The summed E-state index contributed by atoms with van der Waals surface area (Å²) in [4.78, 5) is 15.9. The van der Waals surface area contributed by atoms with E-state index < -0.39 is 0 Å². The van der Waals surface area contributed by atoms with Crippen LogP contribution < -0.4 is 11.1 Å². The molecule has 2 heterocycles. The first kappa shape index (κ1) is 12.0. The number of ether oxygens (including phenoxy) is 1. The number of aromatic nitrogens is 1. The minimum absolute atomic E-state index is 0.0179. The number of rotatable bonds is 3. The first-order valence-electron chi connectivity index (χ1n) is 5.77. The number of carbonyl (C=O) groups is 1. The summed E-state index contributed by atoms with van der Waals surface area (Å²) in [5, 5.41) is 2.85. The van der Waals surface area contributed by atoms with Gasteiger partial charge >= 0.3 is 0 Å². The topological polar surface area (TPSA) is 77.2 Å². The molecule has 0 radical (unpaired) electrons. The predicted octanol–water partition coefficient (Wildman–Crippen LogP) is 0.835. The molecule has 5 heteroatoms. The van der Waals surface area contributed by atoms with Gasteiger partial charge in [-0.3, -0.25) is 9.78 Å². The molecule has 0 saturated carbocycles.